The number of hydrogen-bond donors (Lipinski definition) is 2. The van der Waals surface area contributed by atoms with Crippen LogP contribution in [0.3, 0.4) is 0 Å². The quantitative estimate of drug-likeness (QED) is 0.903. The summed E-state index contributed by atoms with van der Waals surface area (Å²) in [6.07, 6.45) is 3.79. The van der Waals surface area contributed by atoms with E-state index in [9.17, 15) is 4.79 Å². The first kappa shape index (κ1) is 15.1. The third-order valence-electron chi connectivity index (χ3n) is 3.96. The molecule has 0 bridgehead atoms. The van der Waals surface area contributed by atoms with Crippen LogP contribution in [0.25, 0.3) is 17.5 Å². The van der Waals surface area contributed by atoms with Crippen LogP contribution in [0.2, 0.25) is 0 Å². The Morgan fingerprint density at radius 1 is 1.30 bits per heavy atom. The first-order valence-electron chi connectivity index (χ1n) is 7.41. The second kappa shape index (κ2) is 5.76. The molecule has 5 heteroatoms. The summed E-state index contributed by atoms with van der Waals surface area (Å²) >= 11 is 0. The molecule has 0 atom stereocenters. The minimum absolute atomic E-state index is 0.0395. The zero-order chi connectivity index (χ0) is 16.6. The molecule has 0 unspecified atom stereocenters. The van der Waals surface area contributed by atoms with Gasteiger partial charge in [-0.05, 0) is 44.6 Å². The number of ether oxygens (including phenoxy) is 1. The highest BCUT2D eigenvalue weighted by molar-refractivity contribution is 6.24. The van der Waals surface area contributed by atoms with Gasteiger partial charge in [-0.2, -0.15) is 0 Å². The molecule has 3 rings (SSSR count). The number of rotatable bonds is 4. The monoisotopic (exact) mass is 309 g/mol. The number of methoxy groups -OCH3 is 1. The van der Waals surface area contributed by atoms with E-state index in [0.29, 0.717) is 5.57 Å². The van der Waals surface area contributed by atoms with Crippen molar-refractivity contribution in [3.63, 3.8) is 0 Å². The Hall–Kier alpha value is -2.82. The molecule has 1 aliphatic heterocycles. The fourth-order valence-electron chi connectivity index (χ4n) is 2.89. The van der Waals surface area contributed by atoms with Crippen molar-refractivity contribution in [1.29, 1.82) is 0 Å². The fraction of sp³-hybridized carbons (Fsp3) is 0.222. The van der Waals surface area contributed by atoms with Gasteiger partial charge in [0.2, 0.25) is 0 Å². The molecular weight excluding hydrogens is 290 g/mol. The molecular formula is C18H19N3O2. The number of ketones is 1. The van der Waals surface area contributed by atoms with Crippen molar-refractivity contribution in [2.75, 3.05) is 7.11 Å². The highest BCUT2D eigenvalue weighted by Gasteiger charge is 2.21. The summed E-state index contributed by atoms with van der Waals surface area (Å²) in [5.74, 6) is 0.775. The number of aromatic nitrogens is 2. The standard InChI is InChI=1S/C18H19N3O2/c1-10-14(20-11(2)18(10)12(3)22)8-16-17(23-4)9-15(21-16)13-6-5-7-19-13/h5-9,19,21H,1-4H3/b14-8-. The van der Waals surface area contributed by atoms with E-state index in [1.54, 1.807) is 14.0 Å². The molecule has 0 aromatic carbocycles. The van der Waals surface area contributed by atoms with Gasteiger partial charge in [0.25, 0.3) is 0 Å². The first-order chi connectivity index (χ1) is 11.0. The van der Waals surface area contributed by atoms with Gasteiger partial charge in [0.1, 0.15) is 5.75 Å². The third-order valence-corrected chi connectivity index (χ3v) is 3.96. The molecule has 0 amide bonds. The van der Waals surface area contributed by atoms with Crippen molar-refractivity contribution in [1.82, 2.24) is 9.97 Å². The lowest BCUT2D eigenvalue weighted by atomic mass is 10.0. The van der Waals surface area contributed by atoms with Crippen LogP contribution in [-0.4, -0.2) is 28.6 Å². The van der Waals surface area contributed by atoms with Crippen LogP contribution in [0.1, 0.15) is 26.5 Å². The molecule has 5 nitrogen and oxygen atoms in total. The Kier molecular flexibility index (Phi) is 3.78. The van der Waals surface area contributed by atoms with Gasteiger partial charge >= 0.3 is 0 Å². The van der Waals surface area contributed by atoms with E-state index >= 15 is 0 Å². The molecule has 2 N–H and O–H groups in total. The topological polar surface area (TPSA) is 70.2 Å². The molecule has 0 saturated carbocycles. The number of hydrogen-bond acceptors (Lipinski definition) is 3. The zero-order valence-electron chi connectivity index (χ0n) is 13.7. The molecule has 0 fully saturated rings. The molecule has 1 aliphatic rings. The average Bonchev–Trinajstić information content (AvgIpc) is 3.19. The van der Waals surface area contributed by atoms with Crippen LogP contribution in [0.4, 0.5) is 0 Å². The maximum Gasteiger partial charge on any atom is 0.161 e. The van der Waals surface area contributed by atoms with Gasteiger partial charge in [0.15, 0.2) is 5.78 Å². The van der Waals surface area contributed by atoms with Crippen molar-refractivity contribution >= 4 is 17.6 Å². The average molecular weight is 309 g/mol. The lowest BCUT2D eigenvalue weighted by Gasteiger charge is -2.00. The van der Waals surface area contributed by atoms with E-state index in [-0.39, 0.29) is 5.78 Å². The van der Waals surface area contributed by atoms with Gasteiger partial charge in [-0.15, -0.1) is 0 Å². The number of aliphatic imine (C=N–C) groups is 1. The molecule has 0 aliphatic carbocycles. The van der Waals surface area contributed by atoms with Crippen molar-refractivity contribution in [2.24, 2.45) is 4.99 Å². The van der Waals surface area contributed by atoms with E-state index in [0.717, 1.165) is 39.8 Å². The number of nitrogens with one attached hydrogen (secondary N) is 2. The number of nitrogens with zero attached hydrogens (tertiary/aromatic N) is 1. The molecule has 3 heterocycles. The molecule has 0 saturated heterocycles. The lowest BCUT2D eigenvalue weighted by molar-refractivity contribution is -0.113. The molecule has 0 radical (unpaired) electrons. The van der Waals surface area contributed by atoms with Crippen molar-refractivity contribution in [2.45, 2.75) is 20.8 Å². The highest BCUT2D eigenvalue weighted by Crippen LogP contribution is 2.32. The minimum Gasteiger partial charge on any atom is -0.494 e. The van der Waals surface area contributed by atoms with Crippen LogP contribution in [-0.2, 0) is 4.79 Å². The Labute approximate surface area is 134 Å². The van der Waals surface area contributed by atoms with Crippen molar-refractivity contribution in [3.8, 4) is 17.1 Å². The Morgan fingerprint density at radius 3 is 2.65 bits per heavy atom. The van der Waals surface area contributed by atoms with Gasteiger partial charge in [-0.25, -0.2) is 0 Å². The summed E-state index contributed by atoms with van der Waals surface area (Å²) in [6.45, 7) is 5.35. The first-order valence-corrected chi connectivity index (χ1v) is 7.41. The number of allylic oxidation sites excluding steroid dienone is 2. The number of aromatic amines is 2. The predicted octanol–water partition coefficient (Wildman–Crippen LogP) is 3.74. The van der Waals surface area contributed by atoms with E-state index in [4.69, 9.17) is 4.74 Å². The second-order valence-electron chi connectivity index (χ2n) is 5.53. The van der Waals surface area contributed by atoms with Crippen LogP contribution in [0.5, 0.6) is 5.75 Å². The summed E-state index contributed by atoms with van der Waals surface area (Å²) < 4.78 is 5.45. The largest absolute Gasteiger partial charge is 0.494 e. The van der Waals surface area contributed by atoms with E-state index < -0.39 is 0 Å². The number of carbonyl (C=O) groups is 1. The molecule has 2 aromatic rings. The van der Waals surface area contributed by atoms with Crippen molar-refractivity contribution in [3.05, 3.63) is 46.9 Å². The predicted molar refractivity (Wildman–Crippen MR) is 91.6 cm³/mol. The SMILES string of the molecule is COc1cc(-c2ccc[nH]2)[nH]c1/C=C1\N=C(C)C(C(C)=O)=C1C. The molecule has 23 heavy (non-hydrogen) atoms. The second-order valence-corrected chi connectivity index (χ2v) is 5.53. The summed E-state index contributed by atoms with van der Waals surface area (Å²) in [5.41, 5.74) is 5.89. The Bertz CT molecular complexity index is 849. The fourth-order valence-corrected chi connectivity index (χ4v) is 2.89. The van der Waals surface area contributed by atoms with Crippen LogP contribution < -0.4 is 4.74 Å². The maximum atomic E-state index is 11.7. The number of H-pyrrole nitrogens is 2. The molecule has 118 valence electrons. The Balaban J connectivity index is 2.05. The number of carbonyl (C=O) groups excluding carboxylic acids is 1. The normalized spacial score (nSPS) is 16.2. The zero-order valence-corrected chi connectivity index (χ0v) is 13.7. The lowest BCUT2D eigenvalue weighted by Crippen LogP contribution is -2.04. The number of Topliss-reactive ketones (excluding diaryl/α,β-unsaturated/α-hetero) is 1. The van der Waals surface area contributed by atoms with Crippen LogP contribution >= 0.6 is 0 Å². The van der Waals surface area contributed by atoms with Crippen LogP contribution in [0.15, 0.2) is 46.2 Å². The molecule has 2 aromatic heterocycles. The summed E-state index contributed by atoms with van der Waals surface area (Å²) in [6, 6.07) is 5.87. The summed E-state index contributed by atoms with van der Waals surface area (Å²) in [4.78, 5) is 22.8. The smallest absolute Gasteiger partial charge is 0.161 e. The third kappa shape index (κ3) is 2.65. The van der Waals surface area contributed by atoms with Gasteiger partial charge in [0, 0.05) is 23.5 Å². The van der Waals surface area contributed by atoms with Gasteiger partial charge < -0.3 is 14.7 Å². The van der Waals surface area contributed by atoms with E-state index in [1.165, 1.54) is 0 Å². The van der Waals surface area contributed by atoms with Gasteiger partial charge in [0.05, 0.1) is 29.9 Å². The van der Waals surface area contributed by atoms with Gasteiger partial charge in [-0.1, -0.05) is 0 Å². The van der Waals surface area contributed by atoms with Gasteiger partial charge in [-0.3, -0.25) is 9.79 Å². The summed E-state index contributed by atoms with van der Waals surface area (Å²) in [5, 5.41) is 0. The molecule has 0 spiro atoms. The Morgan fingerprint density at radius 2 is 2.09 bits per heavy atom. The van der Waals surface area contributed by atoms with Crippen molar-refractivity contribution < 1.29 is 9.53 Å². The van der Waals surface area contributed by atoms with E-state index in [2.05, 4.69) is 15.0 Å². The summed E-state index contributed by atoms with van der Waals surface area (Å²) in [7, 11) is 1.64. The van der Waals surface area contributed by atoms with Crippen LogP contribution in [0, 0.1) is 0 Å². The van der Waals surface area contributed by atoms with E-state index in [1.807, 2.05) is 44.3 Å². The highest BCUT2D eigenvalue weighted by atomic mass is 16.5. The minimum atomic E-state index is 0.0395. The maximum absolute atomic E-state index is 11.7.